The second-order valence-electron chi connectivity index (χ2n) is 4.58. The van der Waals surface area contributed by atoms with Crippen LogP contribution in [-0.4, -0.2) is 26.6 Å². The molecule has 0 radical (unpaired) electrons. The van der Waals surface area contributed by atoms with Crippen LogP contribution in [0.25, 0.3) is 6.08 Å². The quantitative estimate of drug-likeness (QED) is 0.793. The Kier molecular flexibility index (Phi) is 5.02. The number of benzene rings is 2. The van der Waals surface area contributed by atoms with Gasteiger partial charge < -0.3 is 9.84 Å². The van der Waals surface area contributed by atoms with E-state index in [-0.39, 0.29) is 4.90 Å². The maximum Gasteiger partial charge on any atom is 0.328 e. The average molecular weight is 333 g/mol. The maximum absolute atomic E-state index is 12.4. The Balaban J connectivity index is 2.24. The van der Waals surface area contributed by atoms with E-state index in [9.17, 15) is 13.2 Å². The third-order valence-corrected chi connectivity index (χ3v) is 4.31. The fourth-order valence-electron chi connectivity index (χ4n) is 1.83. The molecule has 0 unspecified atom stereocenters. The highest BCUT2D eigenvalue weighted by Gasteiger charge is 2.14. The molecule has 0 saturated heterocycles. The molecule has 2 aromatic carbocycles. The first kappa shape index (κ1) is 16.6. The summed E-state index contributed by atoms with van der Waals surface area (Å²) < 4.78 is 32.2. The van der Waals surface area contributed by atoms with Gasteiger partial charge in [-0.2, -0.15) is 0 Å². The van der Waals surface area contributed by atoms with Gasteiger partial charge in [0.1, 0.15) is 5.75 Å². The van der Waals surface area contributed by atoms with Crippen LogP contribution < -0.4 is 9.46 Å². The second kappa shape index (κ2) is 6.97. The first-order chi connectivity index (χ1) is 10.9. The van der Waals surface area contributed by atoms with E-state index in [4.69, 9.17) is 9.84 Å². The number of methoxy groups -OCH3 is 1. The third kappa shape index (κ3) is 4.58. The van der Waals surface area contributed by atoms with Crippen LogP contribution in [0.5, 0.6) is 5.75 Å². The van der Waals surface area contributed by atoms with E-state index in [1.165, 1.54) is 25.3 Å². The van der Waals surface area contributed by atoms with Crippen LogP contribution in [0.3, 0.4) is 0 Å². The smallest absolute Gasteiger partial charge is 0.328 e. The molecule has 0 bridgehead atoms. The summed E-state index contributed by atoms with van der Waals surface area (Å²) >= 11 is 0. The lowest BCUT2D eigenvalue weighted by molar-refractivity contribution is -0.131. The molecule has 2 N–H and O–H groups in total. The van der Waals surface area contributed by atoms with Gasteiger partial charge >= 0.3 is 5.97 Å². The van der Waals surface area contributed by atoms with Crippen molar-refractivity contribution in [2.75, 3.05) is 11.8 Å². The Morgan fingerprint density at radius 3 is 2.48 bits per heavy atom. The van der Waals surface area contributed by atoms with Crippen molar-refractivity contribution in [2.45, 2.75) is 4.90 Å². The topological polar surface area (TPSA) is 92.7 Å². The van der Waals surface area contributed by atoms with Crippen LogP contribution in [-0.2, 0) is 14.8 Å². The van der Waals surface area contributed by atoms with Gasteiger partial charge in [0.15, 0.2) is 0 Å². The molecule has 0 saturated carbocycles. The molecule has 7 heteroatoms. The highest BCUT2D eigenvalue weighted by atomic mass is 32.2. The normalized spacial score (nSPS) is 11.3. The van der Waals surface area contributed by atoms with Crippen LogP contribution in [0.2, 0.25) is 0 Å². The van der Waals surface area contributed by atoms with Crippen molar-refractivity contribution in [3.8, 4) is 5.75 Å². The number of hydrogen-bond acceptors (Lipinski definition) is 4. The average Bonchev–Trinajstić information content (AvgIpc) is 2.53. The van der Waals surface area contributed by atoms with Gasteiger partial charge in [-0.1, -0.05) is 12.1 Å². The molecule has 0 atom stereocenters. The van der Waals surface area contributed by atoms with Gasteiger partial charge in [0.2, 0.25) is 0 Å². The number of sulfonamides is 1. The predicted molar refractivity (Wildman–Crippen MR) is 86.9 cm³/mol. The molecule has 2 rings (SSSR count). The van der Waals surface area contributed by atoms with Gasteiger partial charge in [0, 0.05) is 11.8 Å². The second-order valence-corrected chi connectivity index (χ2v) is 6.26. The zero-order valence-corrected chi connectivity index (χ0v) is 13.1. The summed E-state index contributed by atoms with van der Waals surface area (Å²) in [6.07, 6.45) is 2.28. The van der Waals surface area contributed by atoms with E-state index < -0.39 is 16.0 Å². The van der Waals surface area contributed by atoms with Gasteiger partial charge in [-0.3, -0.25) is 4.72 Å². The van der Waals surface area contributed by atoms with Crippen molar-refractivity contribution in [3.63, 3.8) is 0 Å². The number of hydrogen-bond donors (Lipinski definition) is 2. The summed E-state index contributed by atoms with van der Waals surface area (Å²) in [7, 11) is -2.24. The summed E-state index contributed by atoms with van der Waals surface area (Å²) in [5, 5.41) is 8.61. The first-order valence-corrected chi connectivity index (χ1v) is 8.07. The largest absolute Gasteiger partial charge is 0.497 e. The summed E-state index contributed by atoms with van der Waals surface area (Å²) in [4.78, 5) is 10.6. The Hall–Kier alpha value is -2.80. The minimum Gasteiger partial charge on any atom is -0.497 e. The zero-order valence-electron chi connectivity index (χ0n) is 12.3. The van der Waals surface area contributed by atoms with Gasteiger partial charge in [-0.15, -0.1) is 0 Å². The van der Waals surface area contributed by atoms with Crippen LogP contribution in [0.4, 0.5) is 5.69 Å². The van der Waals surface area contributed by atoms with Crippen LogP contribution >= 0.6 is 0 Å². The monoisotopic (exact) mass is 333 g/mol. The van der Waals surface area contributed by atoms with E-state index in [2.05, 4.69) is 4.72 Å². The van der Waals surface area contributed by atoms with E-state index in [0.717, 1.165) is 6.08 Å². The molecule has 0 aliphatic carbocycles. The maximum atomic E-state index is 12.4. The number of rotatable bonds is 6. The molecule has 6 nitrogen and oxygen atoms in total. The first-order valence-electron chi connectivity index (χ1n) is 6.59. The summed E-state index contributed by atoms with van der Waals surface area (Å²) in [5.41, 5.74) is 0.877. The molecule has 0 fully saturated rings. The third-order valence-electron chi connectivity index (χ3n) is 2.93. The van der Waals surface area contributed by atoms with Crippen molar-refractivity contribution in [3.05, 3.63) is 60.2 Å². The Labute approximate surface area is 134 Å². The Bertz CT molecular complexity index is 826. The van der Waals surface area contributed by atoms with Crippen LogP contribution in [0, 0.1) is 0 Å². The molecule has 0 aliphatic heterocycles. The number of anilines is 1. The molecule has 0 amide bonds. The molecular weight excluding hydrogens is 318 g/mol. The number of carboxylic acid groups (broad SMARTS) is 1. The van der Waals surface area contributed by atoms with Gasteiger partial charge in [0.25, 0.3) is 10.0 Å². The molecule has 0 aliphatic rings. The minimum absolute atomic E-state index is 0.0425. The minimum atomic E-state index is -3.77. The number of carboxylic acids is 1. The molecule has 0 aromatic heterocycles. The van der Waals surface area contributed by atoms with Gasteiger partial charge in [-0.25, -0.2) is 13.2 Å². The highest BCUT2D eigenvalue weighted by Crippen LogP contribution is 2.20. The Morgan fingerprint density at radius 2 is 1.87 bits per heavy atom. The molecule has 2 aromatic rings. The van der Waals surface area contributed by atoms with Gasteiger partial charge in [-0.05, 0) is 48.0 Å². The predicted octanol–water partition coefficient (Wildman–Crippen LogP) is 2.59. The number of nitrogens with one attached hydrogen (secondary N) is 1. The van der Waals surface area contributed by atoms with Crippen molar-refractivity contribution in [1.82, 2.24) is 0 Å². The van der Waals surface area contributed by atoms with Crippen molar-refractivity contribution in [2.24, 2.45) is 0 Å². The van der Waals surface area contributed by atoms with Crippen molar-refractivity contribution < 1.29 is 23.1 Å². The highest BCUT2D eigenvalue weighted by molar-refractivity contribution is 7.92. The van der Waals surface area contributed by atoms with E-state index in [1.54, 1.807) is 36.4 Å². The van der Waals surface area contributed by atoms with E-state index >= 15 is 0 Å². The fourth-order valence-corrected chi connectivity index (χ4v) is 2.94. The molecule has 23 heavy (non-hydrogen) atoms. The molecular formula is C16H15NO5S. The van der Waals surface area contributed by atoms with Crippen molar-refractivity contribution >= 4 is 27.8 Å². The molecule has 0 heterocycles. The van der Waals surface area contributed by atoms with E-state index in [1.807, 2.05) is 0 Å². The summed E-state index contributed by atoms with van der Waals surface area (Å²) in [5.74, 6) is -0.483. The van der Waals surface area contributed by atoms with Crippen LogP contribution in [0.1, 0.15) is 5.56 Å². The summed E-state index contributed by atoms with van der Waals surface area (Å²) in [6.45, 7) is 0. The SMILES string of the molecule is COc1ccc(NS(=O)(=O)c2cccc(C=CC(=O)O)c2)cc1. The fraction of sp³-hybridized carbons (Fsp3) is 0.0625. The lowest BCUT2D eigenvalue weighted by atomic mass is 10.2. The number of ether oxygens (including phenoxy) is 1. The number of aliphatic carboxylic acids is 1. The van der Waals surface area contributed by atoms with E-state index in [0.29, 0.717) is 17.0 Å². The summed E-state index contributed by atoms with van der Waals surface area (Å²) in [6, 6.07) is 12.5. The van der Waals surface area contributed by atoms with Crippen molar-refractivity contribution in [1.29, 1.82) is 0 Å². The number of carbonyl (C=O) groups is 1. The Morgan fingerprint density at radius 1 is 1.17 bits per heavy atom. The van der Waals surface area contributed by atoms with Gasteiger partial charge in [0.05, 0.1) is 12.0 Å². The molecule has 0 spiro atoms. The lowest BCUT2D eigenvalue weighted by Crippen LogP contribution is -2.12. The van der Waals surface area contributed by atoms with Crippen LogP contribution in [0.15, 0.2) is 59.5 Å². The zero-order chi connectivity index (χ0) is 16.9. The molecule has 120 valence electrons. The standard InChI is InChI=1S/C16H15NO5S/c1-22-14-8-6-13(7-9-14)17-23(20,21)15-4-2-3-12(11-15)5-10-16(18)19/h2-11,17H,1H3,(H,18,19). The lowest BCUT2D eigenvalue weighted by Gasteiger charge is -2.09.